The first-order valence-electron chi connectivity index (χ1n) is 12.0. The molecule has 2 aromatic rings. The molecule has 33 heavy (non-hydrogen) atoms. The van der Waals surface area contributed by atoms with Crippen molar-refractivity contribution in [3.8, 4) is 11.1 Å². The number of nitrogens with zero attached hydrogens (tertiary/aromatic N) is 1. The van der Waals surface area contributed by atoms with Crippen molar-refractivity contribution in [1.29, 1.82) is 0 Å². The van der Waals surface area contributed by atoms with Gasteiger partial charge in [-0.2, -0.15) is 0 Å². The van der Waals surface area contributed by atoms with Crippen molar-refractivity contribution in [2.75, 3.05) is 17.2 Å². The lowest BCUT2D eigenvalue weighted by Gasteiger charge is -2.41. The van der Waals surface area contributed by atoms with E-state index in [0.717, 1.165) is 48.1 Å². The summed E-state index contributed by atoms with van der Waals surface area (Å²) in [6.45, 7) is 6.01. The number of anilines is 2. The number of hydrogen-bond donors (Lipinski definition) is 3. The SMILES string of the molecule is CCC(CC(=O)O)c1ccc(N(CC(C)(C)O)C2CCCCC2)c(-c2ccc(F)cc2)c1N. The zero-order valence-electron chi connectivity index (χ0n) is 20.0. The molecule has 0 amide bonds. The van der Waals surface area contributed by atoms with Crippen molar-refractivity contribution in [2.24, 2.45) is 0 Å². The molecule has 1 unspecified atom stereocenters. The average molecular weight is 457 g/mol. The third-order valence-corrected chi connectivity index (χ3v) is 6.63. The summed E-state index contributed by atoms with van der Waals surface area (Å²) < 4.78 is 13.7. The number of carbonyl (C=O) groups is 1. The normalized spacial score (nSPS) is 15.9. The number of nitrogen functional groups attached to an aromatic ring is 1. The second kappa shape index (κ2) is 10.6. The second-order valence-electron chi connectivity index (χ2n) is 9.90. The highest BCUT2D eigenvalue weighted by Gasteiger charge is 2.30. The molecule has 1 aliphatic carbocycles. The van der Waals surface area contributed by atoms with Gasteiger partial charge in [-0.25, -0.2) is 4.39 Å². The minimum atomic E-state index is -0.916. The predicted octanol–water partition coefficient (Wildman–Crippen LogP) is 5.95. The Morgan fingerprint density at radius 3 is 2.33 bits per heavy atom. The van der Waals surface area contributed by atoms with Crippen LogP contribution in [0.1, 0.15) is 77.2 Å². The second-order valence-corrected chi connectivity index (χ2v) is 9.90. The van der Waals surface area contributed by atoms with Crippen LogP contribution in [0, 0.1) is 5.82 Å². The van der Waals surface area contributed by atoms with E-state index in [0.29, 0.717) is 18.7 Å². The van der Waals surface area contributed by atoms with Gasteiger partial charge in [0, 0.05) is 29.5 Å². The number of rotatable bonds is 9. The van der Waals surface area contributed by atoms with Crippen molar-refractivity contribution < 1.29 is 19.4 Å². The number of benzene rings is 2. The van der Waals surface area contributed by atoms with Crippen molar-refractivity contribution in [3.05, 3.63) is 47.8 Å². The zero-order valence-corrected chi connectivity index (χ0v) is 20.0. The molecule has 0 spiro atoms. The minimum Gasteiger partial charge on any atom is -0.481 e. The van der Waals surface area contributed by atoms with Gasteiger partial charge in [0.05, 0.1) is 12.0 Å². The molecule has 5 nitrogen and oxygen atoms in total. The molecule has 1 saturated carbocycles. The van der Waals surface area contributed by atoms with Crippen molar-refractivity contribution in [2.45, 2.75) is 83.3 Å². The standard InChI is InChI=1S/C27H37FN2O3/c1-4-18(16-24(31)32)22-14-15-23(25(26(22)29)19-10-12-20(28)13-11-19)30(17-27(2,3)33)21-8-6-5-7-9-21/h10-15,18,21,33H,4-9,16-17,29H2,1-3H3,(H,31,32). The van der Waals surface area contributed by atoms with E-state index >= 15 is 0 Å². The van der Waals surface area contributed by atoms with Gasteiger partial charge in [-0.1, -0.05) is 44.4 Å². The molecular weight excluding hydrogens is 419 g/mol. The summed E-state index contributed by atoms with van der Waals surface area (Å²) in [5.74, 6) is -1.40. The van der Waals surface area contributed by atoms with Gasteiger partial charge in [0.15, 0.2) is 0 Å². The van der Waals surface area contributed by atoms with E-state index in [1.807, 2.05) is 19.1 Å². The van der Waals surface area contributed by atoms with Crippen LogP contribution < -0.4 is 10.6 Å². The molecule has 0 aromatic heterocycles. The van der Waals surface area contributed by atoms with Gasteiger partial charge in [-0.3, -0.25) is 4.79 Å². The third-order valence-electron chi connectivity index (χ3n) is 6.63. The molecule has 0 bridgehead atoms. The molecule has 2 aromatic carbocycles. The molecule has 3 rings (SSSR count). The number of hydrogen-bond acceptors (Lipinski definition) is 4. The summed E-state index contributed by atoms with van der Waals surface area (Å²) in [5, 5.41) is 20.1. The van der Waals surface area contributed by atoms with Gasteiger partial charge in [-0.05, 0) is 68.4 Å². The number of carboxylic acid groups (broad SMARTS) is 1. The first-order valence-corrected chi connectivity index (χ1v) is 12.0. The van der Waals surface area contributed by atoms with Crippen LogP contribution in [-0.4, -0.2) is 34.4 Å². The Labute approximate surface area is 196 Å². The highest BCUT2D eigenvalue weighted by molar-refractivity contribution is 5.90. The molecule has 180 valence electrons. The van der Waals surface area contributed by atoms with Crippen LogP contribution in [0.15, 0.2) is 36.4 Å². The lowest BCUT2D eigenvalue weighted by molar-refractivity contribution is -0.137. The fourth-order valence-electron chi connectivity index (χ4n) is 5.04. The van der Waals surface area contributed by atoms with Crippen LogP contribution in [0.4, 0.5) is 15.8 Å². The Morgan fingerprint density at radius 1 is 1.15 bits per heavy atom. The number of aliphatic hydroxyl groups is 1. The largest absolute Gasteiger partial charge is 0.481 e. The summed E-state index contributed by atoms with van der Waals surface area (Å²) in [7, 11) is 0. The van der Waals surface area contributed by atoms with Gasteiger partial charge in [-0.15, -0.1) is 0 Å². The first-order chi connectivity index (χ1) is 15.6. The molecule has 1 aliphatic rings. The molecule has 6 heteroatoms. The van der Waals surface area contributed by atoms with Crippen molar-refractivity contribution in [3.63, 3.8) is 0 Å². The summed E-state index contributed by atoms with van der Waals surface area (Å²) >= 11 is 0. The molecule has 0 saturated heterocycles. The molecule has 4 N–H and O–H groups in total. The Morgan fingerprint density at radius 2 is 1.79 bits per heavy atom. The summed E-state index contributed by atoms with van der Waals surface area (Å²) in [6, 6.07) is 10.5. The Balaban J connectivity index is 2.20. The maximum atomic E-state index is 13.7. The fraction of sp³-hybridized carbons (Fsp3) is 0.519. The first kappa shape index (κ1) is 25.0. The zero-order chi connectivity index (χ0) is 24.2. The lowest BCUT2D eigenvalue weighted by atomic mass is 9.86. The van der Waals surface area contributed by atoms with Crippen LogP contribution in [0.2, 0.25) is 0 Å². The Kier molecular flexibility index (Phi) is 8.01. The van der Waals surface area contributed by atoms with Gasteiger partial charge in [0.1, 0.15) is 5.82 Å². The van der Waals surface area contributed by atoms with Gasteiger partial charge >= 0.3 is 5.97 Å². The van der Waals surface area contributed by atoms with E-state index in [4.69, 9.17) is 5.73 Å². The lowest BCUT2D eigenvalue weighted by Crippen LogP contribution is -2.45. The average Bonchev–Trinajstić information content (AvgIpc) is 2.76. The topological polar surface area (TPSA) is 86.8 Å². The predicted molar refractivity (Wildman–Crippen MR) is 132 cm³/mol. The van der Waals surface area contributed by atoms with Crippen molar-refractivity contribution in [1.82, 2.24) is 0 Å². The Bertz CT molecular complexity index is 947. The van der Waals surface area contributed by atoms with E-state index in [-0.39, 0.29) is 24.2 Å². The quantitative estimate of drug-likeness (QED) is 0.406. The highest BCUT2D eigenvalue weighted by atomic mass is 19.1. The molecule has 1 atom stereocenters. The maximum absolute atomic E-state index is 13.7. The van der Waals surface area contributed by atoms with Crippen LogP contribution in [-0.2, 0) is 4.79 Å². The number of halogens is 1. The van der Waals surface area contributed by atoms with Gasteiger partial charge in [0.2, 0.25) is 0 Å². The maximum Gasteiger partial charge on any atom is 0.303 e. The third kappa shape index (κ3) is 6.26. The van der Waals surface area contributed by atoms with E-state index in [1.165, 1.54) is 18.6 Å². The van der Waals surface area contributed by atoms with E-state index in [2.05, 4.69) is 4.90 Å². The molecular formula is C27H37FN2O3. The van der Waals surface area contributed by atoms with Crippen LogP contribution >= 0.6 is 0 Å². The van der Waals surface area contributed by atoms with Crippen LogP contribution in [0.3, 0.4) is 0 Å². The van der Waals surface area contributed by atoms with Crippen LogP contribution in [0.5, 0.6) is 0 Å². The van der Waals surface area contributed by atoms with Crippen LogP contribution in [0.25, 0.3) is 11.1 Å². The van der Waals surface area contributed by atoms with Crippen molar-refractivity contribution >= 4 is 17.3 Å². The summed E-state index contributed by atoms with van der Waals surface area (Å²) in [5.41, 5.74) is 9.65. The molecule has 0 aliphatic heterocycles. The Hall–Kier alpha value is -2.60. The van der Waals surface area contributed by atoms with E-state index < -0.39 is 11.6 Å². The monoisotopic (exact) mass is 456 g/mol. The number of aliphatic carboxylic acids is 1. The summed E-state index contributed by atoms with van der Waals surface area (Å²) in [6.07, 6.45) is 6.22. The van der Waals surface area contributed by atoms with E-state index in [1.54, 1.807) is 26.0 Å². The van der Waals surface area contributed by atoms with E-state index in [9.17, 15) is 19.4 Å². The number of nitrogens with two attached hydrogens (primary N) is 1. The highest BCUT2D eigenvalue weighted by Crippen LogP contribution is 2.44. The molecule has 1 fully saturated rings. The number of carboxylic acids is 1. The smallest absolute Gasteiger partial charge is 0.303 e. The minimum absolute atomic E-state index is 0.00108. The molecule has 0 radical (unpaired) electrons. The van der Waals surface area contributed by atoms with Gasteiger partial charge in [0.25, 0.3) is 0 Å². The van der Waals surface area contributed by atoms with Gasteiger partial charge < -0.3 is 20.8 Å². The summed E-state index contributed by atoms with van der Waals surface area (Å²) in [4.78, 5) is 13.7. The molecule has 0 heterocycles. The fourth-order valence-corrected chi connectivity index (χ4v) is 5.04.